The zero-order chi connectivity index (χ0) is 43.1. The fraction of sp³-hybridized carbons (Fsp3) is 0. The molecule has 262 valence electrons. The lowest BCUT2D eigenvalue weighted by Crippen LogP contribution is -2.10. The van der Waals surface area contributed by atoms with E-state index in [0.29, 0.717) is 5.56 Å². The molecule has 1 heterocycles. The first kappa shape index (κ1) is 25.6. The van der Waals surface area contributed by atoms with Gasteiger partial charge >= 0.3 is 0 Å². The Morgan fingerprint density at radius 1 is 0.357 bits per heavy atom. The molecule has 2 nitrogen and oxygen atoms in total. The van der Waals surface area contributed by atoms with E-state index < -0.39 is 12.1 Å². The predicted molar refractivity (Wildman–Crippen MR) is 237 cm³/mol. The molecule has 11 aromatic rings. The lowest BCUT2D eigenvalue weighted by molar-refractivity contribution is 0.669. The van der Waals surface area contributed by atoms with Crippen LogP contribution in [0.1, 0.15) is 9.60 Å². The van der Waals surface area contributed by atoms with Crippen molar-refractivity contribution in [2.45, 2.75) is 0 Å². The standard InChI is InChI=1S/C54H35NO/c1-3-13-44-38(10-1)12-7-16-45(44)40-24-22-36(23-25-40)37-26-31-42(32-27-37)55(51-19-9-21-53-54(51)50-15-5-6-20-52(50)56-53)43-33-28-41(29-34-43)47-17-8-18-48-46-14-4-2-11-39(46)30-35-49(47)48/h1-35H/i1D,3D,7D,10D,12D,13D,16D. The average Bonchev–Trinajstić information content (AvgIpc) is 3.72. The number of para-hydroxylation sites is 1. The predicted octanol–water partition coefficient (Wildman–Crippen LogP) is 15.5. The largest absolute Gasteiger partial charge is 0.456 e. The fourth-order valence-corrected chi connectivity index (χ4v) is 8.11. The Morgan fingerprint density at radius 2 is 0.964 bits per heavy atom. The van der Waals surface area contributed by atoms with Gasteiger partial charge in [0.2, 0.25) is 0 Å². The summed E-state index contributed by atoms with van der Waals surface area (Å²) in [6.07, 6.45) is 0. The lowest BCUT2D eigenvalue weighted by Gasteiger charge is -2.26. The zero-order valence-electron chi connectivity index (χ0n) is 37.0. The molecule has 1 aromatic heterocycles. The van der Waals surface area contributed by atoms with E-state index in [1.165, 1.54) is 27.1 Å². The Balaban J connectivity index is 1.00. The molecule has 0 N–H and O–H groups in total. The number of nitrogens with zero attached hydrogens (tertiary/aromatic N) is 1. The van der Waals surface area contributed by atoms with E-state index >= 15 is 0 Å². The van der Waals surface area contributed by atoms with Crippen LogP contribution in [0.3, 0.4) is 0 Å². The van der Waals surface area contributed by atoms with Gasteiger partial charge in [-0.05, 0) is 108 Å². The van der Waals surface area contributed by atoms with Crippen molar-refractivity contribution in [3.05, 3.63) is 212 Å². The number of hydrogen-bond donors (Lipinski definition) is 0. The highest BCUT2D eigenvalue weighted by molar-refractivity contribution is 6.14. The molecule has 10 aromatic carbocycles. The van der Waals surface area contributed by atoms with Crippen LogP contribution in [-0.2, 0) is 0 Å². The number of rotatable bonds is 6. The molecular formula is C54H35NO. The summed E-state index contributed by atoms with van der Waals surface area (Å²) in [5.74, 6) is 0. The molecule has 0 aliphatic rings. The van der Waals surface area contributed by atoms with E-state index in [1.54, 1.807) is 12.1 Å². The van der Waals surface area contributed by atoms with Crippen molar-refractivity contribution in [1.29, 1.82) is 0 Å². The number of furan rings is 1. The molecule has 0 saturated carbocycles. The summed E-state index contributed by atoms with van der Waals surface area (Å²) in [5, 5.41) is 6.93. The Hall–Kier alpha value is -7.42. The second kappa shape index (κ2) is 13.2. The van der Waals surface area contributed by atoms with Crippen LogP contribution in [0.4, 0.5) is 17.1 Å². The normalized spacial score (nSPS) is 13.3. The van der Waals surface area contributed by atoms with Crippen LogP contribution in [0.15, 0.2) is 217 Å². The topological polar surface area (TPSA) is 16.4 Å². The van der Waals surface area contributed by atoms with Gasteiger partial charge in [0.05, 0.1) is 20.7 Å². The second-order valence-electron chi connectivity index (χ2n) is 13.9. The number of fused-ring (bicyclic) bond motifs is 7. The van der Waals surface area contributed by atoms with Crippen molar-refractivity contribution < 1.29 is 14.0 Å². The second-order valence-corrected chi connectivity index (χ2v) is 13.9. The molecule has 0 unspecified atom stereocenters. The molecule has 0 fully saturated rings. The zero-order valence-corrected chi connectivity index (χ0v) is 30.0. The third-order valence-electron chi connectivity index (χ3n) is 10.8. The van der Waals surface area contributed by atoms with Crippen LogP contribution >= 0.6 is 0 Å². The Kier molecular flexibility index (Phi) is 6.01. The highest BCUT2D eigenvalue weighted by Crippen LogP contribution is 2.44. The van der Waals surface area contributed by atoms with Crippen LogP contribution < -0.4 is 4.90 Å². The molecule has 0 atom stereocenters. The summed E-state index contributed by atoms with van der Waals surface area (Å²) in [6, 6.07) is 55.5. The van der Waals surface area contributed by atoms with Crippen molar-refractivity contribution in [3.8, 4) is 33.4 Å². The lowest BCUT2D eigenvalue weighted by atomic mass is 9.94. The van der Waals surface area contributed by atoms with Gasteiger partial charge in [0.1, 0.15) is 11.2 Å². The van der Waals surface area contributed by atoms with Crippen molar-refractivity contribution in [1.82, 2.24) is 0 Å². The quantitative estimate of drug-likeness (QED) is 0.159. The van der Waals surface area contributed by atoms with E-state index in [9.17, 15) is 0 Å². The smallest absolute Gasteiger partial charge is 0.137 e. The van der Waals surface area contributed by atoms with Gasteiger partial charge in [0, 0.05) is 16.8 Å². The van der Waals surface area contributed by atoms with Crippen molar-refractivity contribution in [2.75, 3.05) is 4.90 Å². The summed E-state index contributed by atoms with van der Waals surface area (Å²) in [4.78, 5) is 2.26. The van der Waals surface area contributed by atoms with E-state index in [4.69, 9.17) is 14.0 Å². The third kappa shape index (κ3) is 5.34. The average molecular weight is 721 g/mol. The Labute approximate surface area is 335 Å². The molecule has 0 aliphatic heterocycles. The van der Waals surface area contributed by atoms with Crippen LogP contribution in [0.2, 0.25) is 0 Å². The van der Waals surface area contributed by atoms with Crippen LogP contribution in [0, 0.1) is 0 Å². The highest BCUT2D eigenvalue weighted by Gasteiger charge is 2.20. The molecule has 56 heavy (non-hydrogen) atoms. The van der Waals surface area contributed by atoms with E-state index in [-0.39, 0.29) is 46.5 Å². The fourth-order valence-electron chi connectivity index (χ4n) is 8.11. The summed E-state index contributed by atoms with van der Waals surface area (Å²) >= 11 is 0. The first-order valence-electron chi connectivity index (χ1n) is 22.1. The molecule has 0 bridgehead atoms. The monoisotopic (exact) mass is 720 g/mol. The molecule has 11 rings (SSSR count). The first-order valence-corrected chi connectivity index (χ1v) is 18.6. The van der Waals surface area contributed by atoms with Gasteiger partial charge in [-0.15, -0.1) is 0 Å². The van der Waals surface area contributed by atoms with Gasteiger partial charge in [-0.2, -0.15) is 0 Å². The van der Waals surface area contributed by atoms with Gasteiger partial charge in [0.15, 0.2) is 0 Å². The SMILES string of the molecule is [2H]c1c([2H])c([2H])c2c(-c3ccc(-c4ccc(N(c5ccc(-c6cccc7c6ccc6ccccc67)cc5)c5cccc6oc7ccccc7c56)cc4)cc3)c([2H])c([2H])c([2H])c2c1[2H]. The van der Waals surface area contributed by atoms with Crippen LogP contribution in [0.25, 0.3) is 87.6 Å². The molecule has 0 saturated heterocycles. The van der Waals surface area contributed by atoms with Gasteiger partial charge in [-0.25, -0.2) is 0 Å². The van der Waals surface area contributed by atoms with Crippen molar-refractivity contribution in [2.24, 2.45) is 0 Å². The molecule has 0 radical (unpaired) electrons. The van der Waals surface area contributed by atoms with Crippen molar-refractivity contribution >= 4 is 71.3 Å². The van der Waals surface area contributed by atoms with Crippen LogP contribution in [-0.4, -0.2) is 0 Å². The van der Waals surface area contributed by atoms with E-state index in [0.717, 1.165) is 55.7 Å². The Morgan fingerprint density at radius 3 is 1.79 bits per heavy atom. The third-order valence-corrected chi connectivity index (χ3v) is 10.8. The summed E-state index contributed by atoms with van der Waals surface area (Å²) in [7, 11) is 0. The minimum Gasteiger partial charge on any atom is -0.456 e. The molecular weight excluding hydrogens is 679 g/mol. The number of hydrogen-bond acceptors (Lipinski definition) is 2. The number of anilines is 3. The molecule has 0 aliphatic carbocycles. The summed E-state index contributed by atoms with van der Waals surface area (Å²) in [6.45, 7) is 0. The summed E-state index contributed by atoms with van der Waals surface area (Å²) in [5.41, 5.74) is 9.35. The van der Waals surface area contributed by atoms with Crippen LogP contribution in [0.5, 0.6) is 0 Å². The van der Waals surface area contributed by atoms with Gasteiger partial charge in [-0.3, -0.25) is 0 Å². The van der Waals surface area contributed by atoms with Gasteiger partial charge in [0.25, 0.3) is 0 Å². The van der Waals surface area contributed by atoms with Crippen molar-refractivity contribution in [3.63, 3.8) is 0 Å². The van der Waals surface area contributed by atoms with E-state index in [1.807, 2.05) is 42.5 Å². The van der Waals surface area contributed by atoms with E-state index in [2.05, 4.69) is 120 Å². The number of benzene rings is 10. The summed E-state index contributed by atoms with van der Waals surface area (Å²) < 4.78 is 65.8. The molecule has 0 amide bonds. The maximum Gasteiger partial charge on any atom is 0.137 e. The maximum absolute atomic E-state index is 8.80. The highest BCUT2D eigenvalue weighted by atomic mass is 16.3. The van der Waals surface area contributed by atoms with Gasteiger partial charge in [-0.1, -0.05) is 170 Å². The Bertz CT molecular complexity index is 3630. The molecule has 2 heteroatoms. The molecule has 0 spiro atoms. The maximum atomic E-state index is 8.80. The minimum atomic E-state index is -0.469. The van der Waals surface area contributed by atoms with Gasteiger partial charge < -0.3 is 9.32 Å². The minimum absolute atomic E-state index is 0.0581. The first-order chi connectivity index (χ1) is 30.7.